The first-order valence-corrected chi connectivity index (χ1v) is 23.2. The Morgan fingerprint density at radius 2 is 1.24 bits per heavy atom. The Hall–Kier alpha value is -2.24. The second kappa shape index (κ2) is 34.5. The van der Waals surface area contributed by atoms with Crippen LogP contribution in [-0.2, 0) is 28.9 Å². The van der Waals surface area contributed by atoms with Crippen LogP contribution in [0.5, 0.6) is 0 Å². The summed E-state index contributed by atoms with van der Waals surface area (Å²) in [5, 5.41) is 55.0. The molecule has 1 saturated heterocycles. The van der Waals surface area contributed by atoms with Crippen molar-refractivity contribution in [2.45, 2.75) is 198 Å². The van der Waals surface area contributed by atoms with E-state index in [1.165, 1.54) is 51.0 Å². The molecular formula is C44H77NO12S. The van der Waals surface area contributed by atoms with Gasteiger partial charge in [-0.3, -0.25) is 9.35 Å². The predicted octanol–water partition coefficient (Wildman–Crippen LogP) is 6.85. The molecule has 58 heavy (non-hydrogen) atoms. The maximum Gasteiger partial charge on any atom is 0.397 e. The standard InChI is InChI=1S/C44H77NO12S/c1-3-5-7-9-11-13-15-16-17-18-19-20-21-23-25-27-29-31-33-38(48)43(51)45-36(37(47)32-30-28-26-24-22-14-12-10-8-6-4-2)35-55-44-41(50)42(57-58(52,53)54)40(49)39(34-46)56-44/h8,10-11,13,15-16,22,24,30,32,36-42,44,46-50H,3-7,9,12,14,17-21,23,25-29,31,33-35H2,1-2H3,(H,45,51)(H,52,53,54)/b10-8+,13-11-,16-15-,24-22+,32-30+. The summed E-state index contributed by atoms with van der Waals surface area (Å²) in [4.78, 5) is 13.1. The van der Waals surface area contributed by atoms with Crippen molar-refractivity contribution in [3.63, 3.8) is 0 Å². The van der Waals surface area contributed by atoms with Crippen LogP contribution in [0, 0.1) is 0 Å². The highest BCUT2D eigenvalue weighted by Gasteiger charge is 2.48. The number of hydrogen-bond acceptors (Lipinski definition) is 11. The summed E-state index contributed by atoms with van der Waals surface area (Å²) < 4.78 is 47.3. The first-order chi connectivity index (χ1) is 27.9. The molecule has 1 heterocycles. The minimum atomic E-state index is -5.12. The molecule has 0 spiro atoms. The SMILES string of the molecule is CCC/C=C/CC/C=C/CC/C=C/C(O)C(COC1OC(CO)C(O)C(OS(=O)(=O)O)C1O)NC(=O)C(O)CCCCCCCCCCC/C=C\C=C/CCCCC. The summed E-state index contributed by atoms with van der Waals surface area (Å²) in [6.45, 7) is 3.06. The topological polar surface area (TPSA) is 212 Å². The monoisotopic (exact) mass is 844 g/mol. The van der Waals surface area contributed by atoms with Crippen LogP contribution in [0.1, 0.15) is 149 Å². The molecule has 0 aliphatic carbocycles. The molecule has 8 atom stereocenters. The van der Waals surface area contributed by atoms with E-state index in [9.17, 15) is 38.7 Å². The lowest BCUT2D eigenvalue weighted by Crippen LogP contribution is -2.61. The van der Waals surface area contributed by atoms with E-state index in [1.54, 1.807) is 6.08 Å². The maximum atomic E-state index is 13.1. The van der Waals surface area contributed by atoms with Crippen LogP contribution in [0.15, 0.2) is 60.8 Å². The third kappa shape index (κ3) is 26.8. The molecule has 1 amide bonds. The van der Waals surface area contributed by atoms with Gasteiger partial charge in [-0.2, -0.15) is 8.42 Å². The van der Waals surface area contributed by atoms with Gasteiger partial charge in [-0.15, -0.1) is 0 Å². The molecule has 0 bridgehead atoms. The van der Waals surface area contributed by atoms with Crippen LogP contribution in [0.4, 0.5) is 0 Å². The minimum Gasteiger partial charge on any atom is -0.394 e. The van der Waals surface area contributed by atoms with Gasteiger partial charge in [0.25, 0.3) is 0 Å². The maximum absolute atomic E-state index is 13.1. The zero-order valence-corrected chi connectivity index (χ0v) is 36.0. The number of unbranched alkanes of at least 4 members (excludes halogenated alkanes) is 15. The van der Waals surface area contributed by atoms with Crippen LogP contribution in [0.2, 0.25) is 0 Å². The molecule has 14 heteroatoms. The third-order valence-electron chi connectivity index (χ3n) is 9.87. The van der Waals surface area contributed by atoms with Gasteiger partial charge in [0.05, 0.1) is 25.4 Å². The van der Waals surface area contributed by atoms with Gasteiger partial charge in [0.15, 0.2) is 6.29 Å². The summed E-state index contributed by atoms with van der Waals surface area (Å²) in [6, 6.07) is -1.15. The van der Waals surface area contributed by atoms with Crippen molar-refractivity contribution in [3.05, 3.63) is 60.8 Å². The Labute approximate surface area is 349 Å². The van der Waals surface area contributed by atoms with E-state index in [4.69, 9.17) is 14.0 Å². The number of aliphatic hydroxyl groups is 5. The third-order valence-corrected chi connectivity index (χ3v) is 10.3. The fourth-order valence-corrected chi connectivity index (χ4v) is 6.88. The van der Waals surface area contributed by atoms with E-state index in [1.807, 2.05) is 0 Å². The van der Waals surface area contributed by atoms with E-state index >= 15 is 0 Å². The molecule has 1 fully saturated rings. The molecule has 7 N–H and O–H groups in total. The summed E-state index contributed by atoms with van der Waals surface area (Å²) in [7, 11) is -5.12. The van der Waals surface area contributed by atoms with Crippen molar-refractivity contribution in [1.82, 2.24) is 5.32 Å². The van der Waals surface area contributed by atoms with Gasteiger partial charge in [0, 0.05) is 0 Å². The Morgan fingerprint density at radius 1 is 0.707 bits per heavy atom. The van der Waals surface area contributed by atoms with Crippen molar-refractivity contribution in [1.29, 1.82) is 0 Å². The number of aliphatic hydroxyl groups excluding tert-OH is 5. The number of carbonyl (C=O) groups is 1. The van der Waals surface area contributed by atoms with Gasteiger partial charge >= 0.3 is 10.4 Å². The molecular weight excluding hydrogens is 767 g/mol. The second-order valence-electron chi connectivity index (χ2n) is 15.1. The Balaban J connectivity index is 2.61. The molecule has 0 radical (unpaired) electrons. The Kier molecular flexibility index (Phi) is 32.0. The lowest BCUT2D eigenvalue weighted by atomic mass is 9.99. The van der Waals surface area contributed by atoms with Crippen LogP contribution >= 0.6 is 0 Å². The summed E-state index contributed by atoms with van der Waals surface area (Å²) in [6.07, 6.45) is 30.3. The molecule has 13 nitrogen and oxygen atoms in total. The zero-order chi connectivity index (χ0) is 42.9. The molecule has 1 aliphatic heterocycles. The fourth-order valence-electron chi connectivity index (χ4n) is 6.37. The normalized spacial score (nSPS) is 22.2. The first kappa shape index (κ1) is 53.8. The largest absolute Gasteiger partial charge is 0.397 e. The van der Waals surface area contributed by atoms with E-state index in [0.717, 1.165) is 70.6 Å². The van der Waals surface area contributed by atoms with Gasteiger partial charge in [-0.05, 0) is 64.2 Å². The highest BCUT2D eigenvalue weighted by molar-refractivity contribution is 7.80. The van der Waals surface area contributed by atoms with E-state index < -0.39 is 78.5 Å². The van der Waals surface area contributed by atoms with Crippen molar-refractivity contribution in [2.75, 3.05) is 13.2 Å². The lowest BCUT2D eigenvalue weighted by Gasteiger charge is -2.41. The molecule has 1 aliphatic rings. The van der Waals surface area contributed by atoms with Crippen LogP contribution in [-0.4, -0.2) is 107 Å². The molecule has 8 unspecified atom stereocenters. The van der Waals surface area contributed by atoms with Crippen LogP contribution in [0.3, 0.4) is 0 Å². The van der Waals surface area contributed by atoms with Crippen LogP contribution in [0.25, 0.3) is 0 Å². The number of rotatable bonds is 35. The molecule has 0 aromatic heterocycles. The highest BCUT2D eigenvalue weighted by atomic mass is 32.3. The number of allylic oxidation sites excluding steroid dienone is 9. The van der Waals surface area contributed by atoms with E-state index in [2.05, 4.69) is 72.0 Å². The zero-order valence-electron chi connectivity index (χ0n) is 35.2. The number of nitrogens with one attached hydrogen (secondary N) is 1. The molecule has 1 rings (SSSR count). The van der Waals surface area contributed by atoms with E-state index in [-0.39, 0.29) is 6.42 Å². The van der Waals surface area contributed by atoms with Gasteiger partial charge in [0.2, 0.25) is 5.91 Å². The minimum absolute atomic E-state index is 0.225. The smallest absolute Gasteiger partial charge is 0.394 e. The van der Waals surface area contributed by atoms with E-state index in [0.29, 0.717) is 12.8 Å². The van der Waals surface area contributed by atoms with Crippen LogP contribution < -0.4 is 5.32 Å². The molecule has 0 saturated carbocycles. The van der Waals surface area contributed by atoms with Gasteiger partial charge in [-0.25, -0.2) is 4.18 Å². The van der Waals surface area contributed by atoms with Crippen molar-refractivity contribution < 1.29 is 57.0 Å². The van der Waals surface area contributed by atoms with Crippen molar-refractivity contribution in [2.24, 2.45) is 0 Å². The predicted molar refractivity (Wildman–Crippen MR) is 228 cm³/mol. The van der Waals surface area contributed by atoms with Gasteiger partial charge in [0.1, 0.15) is 30.5 Å². The number of carbonyl (C=O) groups excluding carboxylic acids is 1. The van der Waals surface area contributed by atoms with Crippen molar-refractivity contribution >= 4 is 16.3 Å². The fraction of sp³-hybridized carbons (Fsp3) is 0.750. The summed E-state index contributed by atoms with van der Waals surface area (Å²) in [5.41, 5.74) is 0. The van der Waals surface area contributed by atoms with Gasteiger partial charge in [-0.1, -0.05) is 145 Å². The quantitative estimate of drug-likeness (QED) is 0.0151. The lowest BCUT2D eigenvalue weighted by molar-refractivity contribution is -0.298. The Morgan fingerprint density at radius 3 is 1.79 bits per heavy atom. The molecule has 0 aromatic rings. The second-order valence-corrected chi connectivity index (χ2v) is 16.1. The van der Waals surface area contributed by atoms with Gasteiger partial charge < -0.3 is 40.3 Å². The number of amides is 1. The highest BCUT2D eigenvalue weighted by Crippen LogP contribution is 2.26. The van der Waals surface area contributed by atoms with Crippen molar-refractivity contribution in [3.8, 4) is 0 Å². The number of hydrogen-bond donors (Lipinski definition) is 7. The average molecular weight is 844 g/mol. The summed E-state index contributed by atoms with van der Waals surface area (Å²) in [5.74, 6) is -0.726. The molecule has 336 valence electrons. The number of ether oxygens (including phenoxy) is 2. The first-order valence-electron chi connectivity index (χ1n) is 21.8. The molecule has 0 aromatic carbocycles. The average Bonchev–Trinajstić information content (AvgIpc) is 3.19. The Bertz CT molecular complexity index is 1290. The summed E-state index contributed by atoms with van der Waals surface area (Å²) >= 11 is 0.